The van der Waals surface area contributed by atoms with Crippen LogP contribution >= 0.6 is 0 Å². The standard InChI is InChI=1S/C17H25NO3Si/c1-22(2,3)13-21-12-8-4-7-11-18-16(19)14-9-5-6-10-15(14)17(18)20/h5-6,9-10H,4,7-8,11-13H2,1-3H3. The highest BCUT2D eigenvalue weighted by Crippen LogP contribution is 2.22. The van der Waals surface area contributed by atoms with E-state index in [1.807, 2.05) is 0 Å². The van der Waals surface area contributed by atoms with Crippen molar-refractivity contribution in [3.8, 4) is 0 Å². The van der Waals surface area contributed by atoms with E-state index < -0.39 is 8.07 Å². The molecule has 0 unspecified atom stereocenters. The van der Waals surface area contributed by atoms with E-state index in [0.29, 0.717) is 17.7 Å². The number of carbonyl (C=O) groups is 2. The largest absolute Gasteiger partial charge is 0.385 e. The van der Waals surface area contributed by atoms with E-state index in [-0.39, 0.29) is 11.8 Å². The van der Waals surface area contributed by atoms with Crippen LogP contribution in [0.4, 0.5) is 0 Å². The zero-order chi connectivity index (χ0) is 16.2. The molecule has 0 N–H and O–H groups in total. The number of imide groups is 1. The van der Waals surface area contributed by atoms with Crippen molar-refractivity contribution in [1.29, 1.82) is 0 Å². The lowest BCUT2D eigenvalue weighted by atomic mass is 10.1. The maximum absolute atomic E-state index is 12.2. The molecule has 22 heavy (non-hydrogen) atoms. The van der Waals surface area contributed by atoms with Gasteiger partial charge in [-0.2, -0.15) is 0 Å². The van der Waals surface area contributed by atoms with Crippen LogP contribution in [0.1, 0.15) is 40.0 Å². The summed E-state index contributed by atoms with van der Waals surface area (Å²) >= 11 is 0. The van der Waals surface area contributed by atoms with Gasteiger partial charge >= 0.3 is 0 Å². The molecule has 0 radical (unpaired) electrons. The second-order valence-electron chi connectivity index (χ2n) is 6.98. The summed E-state index contributed by atoms with van der Waals surface area (Å²) in [5.41, 5.74) is 1.07. The van der Waals surface area contributed by atoms with Crippen LogP contribution in [0.25, 0.3) is 0 Å². The Balaban J connectivity index is 1.69. The average molecular weight is 319 g/mol. The maximum Gasteiger partial charge on any atom is 0.261 e. The first kappa shape index (κ1) is 16.9. The van der Waals surface area contributed by atoms with Gasteiger partial charge in [0.25, 0.3) is 11.8 Å². The highest BCUT2D eigenvalue weighted by atomic mass is 28.3. The Labute approximate surface area is 133 Å². The molecule has 1 heterocycles. The van der Waals surface area contributed by atoms with Crippen molar-refractivity contribution in [2.75, 3.05) is 19.4 Å². The minimum absolute atomic E-state index is 0.157. The number of fused-ring (bicyclic) bond motifs is 1. The zero-order valence-electron chi connectivity index (χ0n) is 13.7. The molecule has 0 fully saturated rings. The number of rotatable bonds is 8. The molecule has 2 amide bonds. The fraction of sp³-hybridized carbons (Fsp3) is 0.529. The van der Waals surface area contributed by atoms with Crippen LogP contribution < -0.4 is 0 Å². The first-order valence-corrected chi connectivity index (χ1v) is 11.6. The molecular formula is C17H25NO3Si. The molecule has 0 aromatic heterocycles. The monoisotopic (exact) mass is 319 g/mol. The van der Waals surface area contributed by atoms with Gasteiger partial charge in [-0.15, -0.1) is 0 Å². The summed E-state index contributed by atoms with van der Waals surface area (Å²) in [5.74, 6) is -0.314. The molecular weight excluding hydrogens is 294 g/mol. The van der Waals surface area contributed by atoms with Crippen molar-refractivity contribution in [2.45, 2.75) is 38.9 Å². The molecule has 5 heteroatoms. The van der Waals surface area contributed by atoms with Crippen LogP contribution in [0.5, 0.6) is 0 Å². The van der Waals surface area contributed by atoms with Gasteiger partial charge in [0.2, 0.25) is 0 Å². The number of benzene rings is 1. The number of amides is 2. The quantitative estimate of drug-likeness (QED) is 0.419. The zero-order valence-corrected chi connectivity index (χ0v) is 14.7. The third-order valence-electron chi connectivity index (χ3n) is 3.58. The Hall–Kier alpha value is -1.46. The number of ether oxygens (including phenoxy) is 1. The third kappa shape index (κ3) is 4.27. The van der Waals surface area contributed by atoms with Crippen molar-refractivity contribution < 1.29 is 14.3 Å². The normalized spacial score (nSPS) is 14.6. The second kappa shape index (κ2) is 7.20. The predicted octanol–water partition coefficient (Wildman–Crippen LogP) is 3.35. The molecule has 1 aliphatic heterocycles. The Kier molecular flexibility index (Phi) is 5.53. The van der Waals surface area contributed by atoms with Crippen molar-refractivity contribution >= 4 is 19.9 Å². The van der Waals surface area contributed by atoms with Crippen molar-refractivity contribution in [3.63, 3.8) is 0 Å². The molecule has 0 spiro atoms. The van der Waals surface area contributed by atoms with Crippen LogP contribution in [0, 0.1) is 0 Å². The molecule has 0 atom stereocenters. The summed E-state index contributed by atoms with van der Waals surface area (Å²) in [6.45, 7) is 8.13. The first-order chi connectivity index (χ1) is 10.4. The Morgan fingerprint density at radius 1 is 0.955 bits per heavy atom. The molecule has 2 rings (SSSR count). The summed E-state index contributed by atoms with van der Waals surface area (Å²) in [6.07, 6.45) is 3.68. The Bertz CT molecular complexity index is 516. The van der Waals surface area contributed by atoms with E-state index in [1.54, 1.807) is 24.3 Å². The van der Waals surface area contributed by atoms with Crippen LogP contribution in [0.2, 0.25) is 19.6 Å². The molecule has 0 aliphatic carbocycles. The van der Waals surface area contributed by atoms with E-state index in [2.05, 4.69) is 19.6 Å². The van der Waals surface area contributed by atoms with Gasteiger partial charge in [-0.3, -0.25) is 14.5 Å². The number of carbonyl (C=O) groups excluding carboxylic acids is 2. The number of hydrogen-bond acceptors (Lipinski definition) is 3. The fourth-order valence-electron chi connectivity index (χ4n) is 2.47. The van der Waals surface area contributed by atoms with Crippen LogP contribution in [-0.4, -0.2) is 44.2 Å². The van der Waals surface area contributed by atoms with Gasteiger partial charge in [0.1, 0.15) is 0 Å². The summed E-state index contributed by atoms with van der Waals surface area (Å²) in [5, 5.41) is 0. The van der Waals surface area contributed by atoms with E-state index in [9.17, 15) is 9.59 Å². The lowest BCUT2D eigenvalue weighted by molar-refractivity contribution is 0.0650. The van der Waals surface area contributed by atoms with Crippen molar-refractivity contribution in [3.05, 3.63) is 35.4 Å². The summed E-state index contributed by atoms with van der Waals surface area (Å²) < 4.78 is 5.68. The minimum atomic E-state index is -1.12. The van der Waals surface area contributed by atoms with Gasteiger partial charge in [-0.05, 0) is 31.4 Å². The molecule has 1 aromatic rings. The van der Waals surface area contributed by atoms with E-state index in [4.69, 9.17) is 4.74 Å². The second-order valence-corrected chi connectivity index (χ2v) is 12.4. The Morgan fingerprint density at radius 3 is 2.09 bits per heavy atom. The van der Waals surface area contributed by atoms with E-state index in [1.165, 1.54) is 4.90 Å². The van der Waals surface area contributed by atoms with Crippen LogP contribution in [0.15, 0.2) is 24.3 Å². The van der Waals surface area contributed by atoms with E-state index in [0.717, 1.165) is 32.1 Å². The highest BCUT2D eigenvalue weighted by molar-refractivity contribution is 6.76. The lowest BCUT2D eigenvalue weighted by Crippen LogP contribution is -2.30. The average Bonchev–Trinajstić information content (AvgIpc) is 2.70. The molecule has 120 valence electrons. The summed E-state index contributed by atoms with van der Waals surface area (Å²) in [4.78, 5) is 25.7. The Morgan fingerprint density at radius 2 is 1.55 bits per heavy atom. The van der Waals surface area contributed by atoms with Gasteiger partial charge in [-0.1, -0.05) is 31.8 Å². The fourth-order valence-corrected chi connectivity index (χ4v) is 3.23. The minimum Gasteiger partial charge on any atom is -0.385 e. The molecule has 1 aliphatic rings. The summed E-state index contributed by atoms with van der Waals surface area (Å²) in [7, 11) is -1.12. The van der Waals surface area contributed by atoms with Gasteiger partial charge in [0, 0.05) is 19.4 Å². The third-order valence-corrected chi connectivity index (χ3v) is 4.65. The highest BCUT2D eigenvalue weighted by Gasteiger charge is 2.34. The summed E-state index contributed by atoms with van der Waals surface area (Å²) in [6, 6.07) is 7.03. The number of hydrogen-bond donors (Lipinski definition) is 0. The van der Waals surface area contributed by atoms with Crippen molar-refractivity contribution in [1.82, 2.24) is 4.90 Å². The maximum atomic E-state index is 12.2. The lowest BCUT2D eigenvalue weighted by Gasteiger charge is -2.16. The van der Waals surface area contributed by atoms with Crippen molar-refractivity contribution in [2.24, 2.45) is 0 Å². The molecule has 1 aromatic carbocycles. The van der Waals surface area contributed by atoms with Gasteiger partial charge in [-0.25, -0.2) is 0 Å². The van der Waals surface area contributed by atoms with Crippen LogP contribution in [0.3, 0.4) is 0 Å². The smallest absolute Gasteiger partial charge is 0.261 e. The van der Waals surface area contributed by atoms with Gasteiger partial charge in [0.15, 0.2) is 0 Å². The SMILES string of the molecule is C[Si](C)(C)COCCCCCN1C(=O)c2ccccc2C1=O. The van der Waals surface area contributed by atoms with Gasteiger partial charge in [0.05, 0.1) is 19.2 Å². The topological polar surface area (TPSA) is 46.6 Å². The predicted molar refractivity (Wildman–Crippen MR) is 89.8 cm³/mol. The van der Waals surface area contributed by atoms with E-state index >= 15 is 0 Å². The van der Waals surface area contributed by atoms with Gasteiger partial charge < -0.3 is 4.74 Å². The number of unbranched alkanes of at least 4 members (excludes halogenated alkanes) is 2. The molecule has 0 saturated carbocycles. The number of nitrogens with zero attached hydrogens (tertiary/aromatic N) is 1. The first-order valence-electron chi connectivity index (χ1n) is 7.93. The molecule has 0 bridgehead atoms. The molecule has 4 nitrogen and oxygen atoms in total. The van der Waals surface area contributed by atoms with Crippen LogP contribution in [-0.2, 0) is 4.74 Å². The molecule has 0 saturated heterocycles.